The third-order valence-corrected chi connectivity index (χ3v) is 2.13. The van der Waals surface area contributed by atoms with Crippen LogP contribution in [0.1, 0.15) is 35.3 Å². The summed E-state index contributed by atoms with van der Waals surface area (Å²) in [6.45, 7) is 4.14. The van der Waals surface area contributed by atoms with Gasteiger partial charge in [-0.25, -0.2) is 0 Å². The number of hydrogen-bond donors (Lipinski definition) is 1. The highest BCUT2D eigenvalue weighted by molar-refractivity contribution is 5.94. The number of nitrogens with two attached hydrogens (primary N) is 1. The fraction of sp³-hybridized carbons (Fsp3) is 0.333. The second kappa shape index (κ2) is 4.61. The van der Waals surface area contributed by atoms with Gasteiger partial charge in [-0.2, -0.15) is 5.26 Å². The zero-order chi connectivity index (χ0) is 11.4. The van der Waals surface area contributed by atoms with E-state index >= 15 is 0 Å². The summed E-state index contributed by atoms with van der Waals surface area (Å²) in [6, 6.07) is 7.07. The number of rotatable bonds is 3. The first-order valence-electron chi connectivity index (χ1n) is 4.87. The van der Waals surface area contributed by atoms with E-state index in [2.05, 4.69) is 13.8 Å². The first-order chi connectivity index (χ1) is 7.04. The lowest BCUT2D eigenvalue weighted by atomic mass is 9.96. The molecule has 0 radical (unpaired) electrons. The van der Waals surface area contributed by atoms with Crippen LogP contribution in [-0.4, -0.2) is 5.91 Å². The molecule has 0 fully saturated rings. The van der Waals surface area contributed by atoms with Crippen molar-refractivity contribution in [1.82, 2.24) is 0 Å². The monoisotopic (exact) mass is 202 g/mol. The predicted octanol–water partition coefficient (Wildman–Crippen LogP) is 1.86. The van der Waals surface area contributed by atoms with Crippen LogP contribution >= 0.6 is 0 Å². The van der Waals surface area contributed by atoms with E-state index in [0.29, 0.717) is 17.0 Å². The summed E-state index contributed by atoms with van der Waals surface area (Å²) in [6.07, 6.45) is 0.796. The van der Waals surface area contributed by atoms with E-state index in [4.69, 9.17) is 11.0 Å². The van der Waals surface area contributed by atoms with E-state index in [9.17, 15) is 4.79 Å². The molecule has 0 unspecified atom stereocenters. The summed E-state index contributed by atoms with van der Waals surface area (Å²) in [5.74, 6) is -0.0150. The van der Waals surface area contributed by atoms with E-state index in [0.717, 1.165) is 12.0 Å². The minimum Gasteiger partial charge on any atom is -0.366 e. The van der Waals surface area contributed by atoms with Crippen LogP contribution in [0.4, 0.5) is 0 Å². The molecule has 1 aromatic carbocycles. The highest BCUT2D eigenvalue weighted by atomic mass is 16.1. The molecule has 0 spiro atoms. The van der Waals surface area contributed by atoms with E-state index in [-0.39, 0.29) is 0 Å². The molecule has 0 atom stereocenters. The Morgan fingerprint density at radius 2 is 2.20 bits per heavy atom. The van der Waals surface area contributed by atoms with Crippen molar-refractivity contribution in [2.75, 3.05) is 0 Å². The van der Waals surface area contributed by atoms with Crippen LogP contribution in [0.5, 0.6) is 0 Å². The maximum atomic E-state index is 11.2. The van der Waals surface area contributed by atoms with Crippen LogP contribution in [0.15, 0.2) is 18.2 Å². The second-order valence-corrected chi connectivity index (χ2v) is 3.95. The fourth-order valence-electron chi connectivity index (χ4n) is 1.49. The molecule has 3 nitrogen and oxygen atoms in total. The first kappa shape index (κ1) is 11.3. The lowest BCUT2D eigenvalue weighted by Crippen LogP contribution is -2.15. The normalized spacial score (nSPS) is 10.0. The topological polar surface area (TPSA) is 66.9 Å². The van der Waals surface area contributed by atoms with Crippen LogP contribution in [0, 0.1) is 17.2 Å². The number of hydrogen-bond acceptors (Lipinski definition) is 2. The van der Waals surface area contributed by atoms with Gasteiger partial charge in [0, 0.05) is 5.56 Å². The van der Waals surface area contributed by atoms with Crippen molar-refractivity contribution < 1.29 is 4.79 Å². The van der Waals surface area contributed by atoms with E-state index in [1.807, 2.05) is 6.07 Å². The van der Waals surface area contributed by atoms with Crippen LogP contribution in [0.2, 0.25) is 0 Å². The molecule has 1 amide bonds. The van der Waals surface area contributed by atoms with Crippen molar-refractivity contribution in [3.63, 3.8) is 0 Å². The Bertz CT molecular complexity index is 416. The molecule has 78 valence electrons. The Hall–Kier alpha value is -1.82. The van der Waals surface area contributed by atoms with Gasteiger partial charge in [-0.05, 0) is 30.0 Å². The van der Waals surface area contributed by atoms with Gasteiger partial charge >= 0.3 is 0 Å². The molecule has 15 heavy (non-hydrogen) atoms. The van der Waals surface area contributed by atoms with E-state index < -0.39 is 5.91 Å². The van der Waals surface area contributed by atoms with Gasteiger partial charge in [0.25, 0.3) is 0 Å². The lowest BCUT2D eigenvalue weighted by Gasteiger charge is -2.09. The average Bonchev–Trinajstić information content (AvgIpc) is 2.17. The molecule has 2 N–H and O–H groups in total. The minimum atomic E-state index is -0.470. The number of nitrogens with zero attached hydrogens (tertiary/aromatic N) is 1. The lowest BCUT2D eigenvalue weighted by molar-refractivity contribution is 0.0999. The zero-order valence-corrected chi connectivity index (χ0v) is 8.95. The van der Waals surface area contributed by atoms with Crippen LogP contribution in [-0.2, 0) is 6.42 Å². The molecule has 0 bridgehead atoms. The number of amides is 1. The standard InChI is InChI=1S/C12H14N2O/c1-8(2)5-10-4-3-9(7-13)6-11(10)12(14)15/h3-4,6,8H,5H2,1-2H3,(H2,14,15). The molecule has 0 aliphatic rings. The Labute approximate surface area is 89.5 Å². The summed E-state index contributed by atoms with van der Waals surface area (Å²) in [5, 5.41) is 8.71. The summed E-state index contributed by atoms with van der Waals surface area (Å²) < 4.78 is 0. The Balaban J connectivity index is 3.16. The van der Waals surface area contributed by atoms with Gasteiger partial charge in [0.05, 0.1) is 11.6 Å². The Morgan fingerprint density at radius 3 is 2.67 bits per heavy atom. The molecule has 0 saturated heterocycles. The number of primary amides is 1. The molecule has 1 aromatic rings. The summed E-state index contributed by atoms with van der Waals surface area (Å²) in [7, 11) is 0. The molecule has 1 rings (SSSR count). The largest absolute Gasteiger partial charge is 0.366 e. The molecular formula is C12H14N2O. The first-order valence-corrected chi connectivity index (χ1v) is 4.87. The predicted molar refractivity (Wildman–Crippen MR) is 58.2 cm³/mol. The maximum Gasteiger partial charge on any atom is 0.249 e. The Kier molecular flexibility index (Phi) is 3.46. The van der Waals surface area contributed by atoms with Gasteiger partial charge in [0.1, 0.15) is 0 Å². The van der Waals surface area contributed by atoms with Gasteiger partial charge in [-0.1, -0.05) is 19.9 Å². The van der Waals surface area contributed by atoms with Crippen molar-refractivity contribution in [2.45, 2.75) is 20.3 Å². The van der Waals surface area contributed by atoms with Gasteiger partial charge in [-0.3, -0.25) is 4.79 Å². The highest BCUT2D eigenvalue weighted by Crippen LogP contribution is 2.15. The number of carbonyl (C=O) groups is 1. The second-order valence-electron chi connectivity index (χ2n) is 3.95. The van der Waals surface area contributed by atoms with Crippen molar-refractivity contribution in [1.29, 1.82) is 5.26 Å². The summed E-state index contributed by atoms with van der Waals surface area (Å²) >= 11 is 0. The molecule has 0 aromatic heterocycles. The molecular weight excluding hydrogens is 188 g/mol. The molecule has 0 aliphatic carbocycles. The van der Waals surface area contributed by atoms with E-state index in [1.54, 1.807) is 18.2 Å². The average molecular weight is 202 g/mol. The van der Waals surface area contributed by atoms with Crippen molar-refractivity contribution in [3.8, 4) is 6.07 Å². The molecule has 3 heteroatoms. The van der Waals surface area contributed by atoms with Gasteiger partial charge < -0.3 is 5.73 Å². The van der Waals surface area contributed by atoms with Gasteiger partial charge in [-0.15, -0.1) is 0 Å². The minimum absolute atomic E-state index is 0.455. The smallest absolute Gasteiger partial charge is 0.249 e. The number of benzene rings is 1. The third kappa shape index (κ3) is 2.81. The highest BCUT2D eigenvalue weighted by Gasteiger charge is 2.10. The van der Waals surface area contributed by atoms with Gasteiger partial charge in [0.15, 0.2) is 0 Å². The van der Waals surface area contributed by atoms with Crippen molar-refractivity contribution >= 4 is 5.91 Å². The fourth-order valence-corrected chi connectivity index (χ4v) is 1.49. The van der Waals surface area contributed by atoms with Crippen molar-refractivity contribution in [3.05, 3.63) is 34.9 Å². The SMILES string of the molecule is CC(C)Cc1ccc(C#N)cc1C(N)=O. The zero-order valence-electron chi connectivity index (χ0n) is 8.95. The number of carbonyl (C=O) groups excluding carboxylic acids is 1. The van der Waals surface area contributed by atoms with Crippen LogP contribution in [0.25, 0.3) is 0 Å². The molecule has 0 heterocycles. The number of nitriles is 1. The molecule has 0 aliphatic heterocycles. The van der Waals surface area contributed by atoms with Crippen LogP contribution < -0.4 is 5.73 Å². The van der Waals surface area contributed by atoms with Crippen LogP contribution in [0.3, 0.4) is 0 Å². The van der Waals surface area contributed by atoms with Gasteiger partial charge in [0.2, 0.25) is 5.91 Å². The maximum absolute atomic E-state index is 11.2. The Morgan fingerprint density at radius 1 is 1.53 bits per heavy atom. The quantitative estimate of drug-likeness (QED) is 0.812. The summed E-state index contributed by atoms with van der Waals surface area (Å²) in [5.41, 5.74) is 7.11. The molecule has 0 saturated carbocycles. The summed E-state index contributed by atoms with van der Waals surface area (Å²) in [4.78, 5) is 11.2. The third-order valence-electron chi connectivity index (χ3n) is 2.13. The van der Waals surface area contributed by atoms with Crippen molar-refractivity contribution in [2.24, 2.45) is 11.7 Å². The van der Waals surface area contributed by atoms with E-state index in [1.165, 1.54) is 0 Å².